The van der Waals surface area contributed by atoms with Gasteiger partial charge < -0.3 is 19.5 Å². The van der Waals surface area contributed by atoms with Gasteiger partial charge in [-0.05, 0) is 42.3 Å². The summed E-state index contributed by atoms with van der Waals surface area (Å²) in [5, 5.41) is 2.83. The summed E-state index contributed by atoms with van der Waals surface area (Å²) in [4.78, 5) is 12.6. The molecule has 1 aliphatic heterocycles. The quantitative estimate of drug-likeness (QED) is 0.680. The predicted octanol–water partition coefficient (Wildman–Crippen LogP) is 1.70. The fourth-order valence-corrected chi connectivity index (χ4v) is 4.75. The molecule has 9 heteroatoms. The van der Waals surface area contributed by atoms with Gasteiger partial charge in [0.2, 0.25) is 10.0 Å². The van der Waals surface area contributed by atoms with Crippen molar-refractivity contribution in [3.63, 3.8) is 0 Å². The number of sulfonamides is 1. The molecule has 0 radical (unpaired) electrons. The van der Waals surface area contributed by atoms with E-state index in [1.54, 1.807) is 13.2 Å². The third-order valence-corrected chi connectivity index (χ3v) is 6.79. The van der Waals surface area contributed by atoms with Crippen LogP contribution in [0.3, 0.4) is 0 Å². The number of hydrogen-bond acceptors (Lipinski definition) is 6. The molecule has 1 saturated heterocycles. The van der Waals surface area contributed by atoms with Crippen LogP contribution >= 0.6 is 0 Å². The van der Waals surface area contributed by atoms with Crippen LogP contribution in [0, 0.1) is 0 Å². The van der Waals surface area contributed by atoms with Crippen molar-refractivity contribution < 1.29 is 27.4 Å². The molecule has 0 aromatic heterocycles. The minimum Gasteiger partial charge on any atom is -0.497 e. The standard InChI is InChI=1S/C21H26N2O6S/c1-27-18-6-3-16(4-7-18)9-10-22-21(24)17-5-8-19(28-2)20(15-17)30(25,26)23-11-13-29-14-12-23/h3-8,15H,9-14H2,1-2H3,(H,22,24). The van der Waals surface area contributed by atoms with Crippen LogP contribution < -0.4 is 14.8 Å². The number of amides is 1. The smallest absolute Gasteiger partial charge is 0.251 e. The van der Waals surface area contributed by atoms with E-state index in [4.69, 9.17) is 14.2 Å². The summed E-state index contributed by atoms with van der Waals surface area (Å²) in [6, 6.07) is 12.0. The highest BCUT2D eigenvalue weighted by Gasteiger charge is 2.30. The van der Waals surface area contributed by atoms with Gasteiger partial charge >= 0.3 is 0 Å². The molecule has 2 aromatic rings. The Balaban J connectivity index is 1.70. The van der Waals surface area contributed by atoms with Crippen LogP contribution in [0.4, 0.5) is 0 Å². The van der Waals surface area contributed by atoms with Crippen LogP contribution in [-0.4, -0.2) is 65.7 Å². The molecule has 0 bridgehead atoms. The molecule has 1 N–H and O–H groups in total. The number of carbonyl (C=O) groups excluding carboxylic acids is 1. The molecular weight excluding hydrogens is 408 g/mol. The van der Waals surface area contributed by atoms with Crippen molar-refractivity contribution >= 4 is 15.9 Å². The van der Waals surface area contributed by atoms with E-state index in [1.165, 1.54) is 23.5 Å². The van der Waals surface area contributed by atoms with Crippen LogP contribution in [0.25, 0.3) is 0 Å². The zero-order valence-electron chi connectivity index (χ0n) is 17.1. The Labute approximate surface area is 176 Å². The zero-order valence-corrected chi connectivity index (χ0v) is 17.9. The number of benzene rings is 2. The minimum absolute atomic E-state index is 0.0188. The Kier molecular flexibility index (Phi) is 7.30. The van der Waals surface area contributed by atoms with Gasteiger partial charge in [-0.1, -0.05) is 12.1 Å². The summed E-state index contributed by atoms with van der Waals surface area (Å²) in [5.74, 6) is 0.635. The maximum absolute atomic E-state index is 13.0. The van der Waals surface area contributed by atoms with Crippen molar-refractivity contribution in [2.75, 3.05) is 47.1 Å². The maximum atomic E-state index is 13.0. The van der Waals surface area contributed by atoms with Gasteiger partial charge in [0.15, 0.2) is 0 Å². The van der Waals surface area contributed by atoms with Gasteiger partial charge in [-0.15, -0.1) is 0 Å². The highest BCUT2D eigenvalue weighted by Crippen LogP contribution is 2.28. The van der Waals surface area contributed by atoms with Gasteiger partial charge in [0.05, 0.1) is 27.4 Å². The molecule has 2 aromatic carbocycles. The molecule has 0 atom stereocenters. The molecule has 1 aliphatic rings. The number of methoxy groups -OCH3 is 2. The number of morpholine rings is 1. The van der Waals surface area contributed by atoms with Crippen molar-refractivity contribution in [2.24, 2.45) is 0 Å². The Morgan fingerprint density at radius 2 is 1.77 bits per heavy atom. The van der Waals surface area contributed by atoms with E-state index in [2.05, 4.69) is 5.32 Å². The number of ether oxygens (including phenoxy) is 3. The molecule has 1 amide bonds. The second-order valence-electron chi connectivity index (χ2n) is 6.74. The monoisotopic (exact) mass is 434 g/mol. The van der Waals surface area contributed by atoms with Crippen molar-refractivity contribution in [3.8, 4) is 11.5 Å². The third-order valence-electron chi connectivity index (χ3n) is 4.87. The lowest BCUT2D eigenvalue weighted by molar-refractivity contribution is 0.0729. The van der Waals surface area contributed by atoms with E-state index in [0.29, 0.717) is 26.2 Å². The molecule has 8 nitrogen and oxygen atoms in total. The normalized spacial score (nSPS) is 14.9. The van der Waals surface area contributed by atoms with E-state index in [-0.39, 0.29) is 35.2 Å². The Bertz CT molecular complexity index is 969. The zero-order chi connectivity index (χ0) is 21.6. The van der Waals surface area contributed by atoms with E-state index in [9.17, 15) is 13.2 Å². The Morgan fingerprint density at radius 3 is 2.40 bits per heavy atom. The number of nitrogens with one attached hydrogen (secondary N) is 1. The van der Waals surface area contributed by atoms with Crippen molar-refractivity contribution in [2.45, 2.75) is 11.3 Å². The van der Waals surface area contributed by atoms with E-state index in [0.717, 1.165) is 11.3 Å². The summed E-state index contributed by atoms with van der Waals surface area (Å²) in [5.41, 5.74) is 1.32. The van der Waals surface area contributed by atoms with Gasteiger partial charge in [-0.2, -0.15) is 4.31 Å². The molecule has 30 heavy (non-hydrogen) atoms. The average molecular weight is 435 g/mol. The third kappa shape index (κ3) is 5.10. The second-order valence-corrected chi connectivity index (χ2v) is 8.64. The first-order valence-electron chi connectivity index (χ1n) is 9.63. The first-order chi connectivity index (χ1) is 14.5. The molecule has 0 unspecified atom stereocenters. The highest BCUT2D eigenvalue weighted by molar-refractivity contribution is 7.89. The molecule has 0 aliphatic carbocycles. The fourth-order valence-electron chi connectivity index (χ4n) is 3.16. The largest absolute Gasteiger partial charge is 0.497 e. The fraction of sp³-hybridized carbons (Fsp3) is 0.381. The Morgan fingerprint density at radius 1 is 1.07 bits per heavy atom. The van der Waals surface area contributed by atoms with E-state index in [1.807, 2.05) is 24.3 Å². The number of carbonyl (C=O) groups is 1. The number of hydrogen-bond donors (Lipinski definition) is 1. The summed E-state index contributed by atoms with van der Waals surface area (Å²) >= 11 is 0. The number of rotatable bonds is 8. The molecule has 0 saturated carbocycles. The second kappa shape index (κ2) is 9.92. The van der Waals surface area contributed by atoms with Crippen LogP contribution in [0.2, 0.25) is 0 Å². The van der Waals surface area contributed by atoms with E-state index < -0.39 is 10.0 Å². The lowest BCUT2D eigenvalue weighted by Gasteiger charge is -2.26. The minimum atomic E-state index is -3.79. The van der Waals surface area contributed by atoms with Crippen molar-refractivity contribution in [1.82, 2.24) is 9.62 Å². The van der Waals surface area contributed by atoms with Crippen LogP contribution in [-0.2, 0) is 21.2 Å². The summed E-state index contributed by atoms with van der Waals surface area (Å²) in [6.07, 6.45) is 0.644. The van der Waals surface area contributed by atoms with Crippen molar-refractivity contribution in [1.29, 1.82) is 0 Å². The van der Waals surface area contributed by atoms with Crippen LogP contribution in [0.5, 0.6) is 11.5 Å². The van der Waals surface area contributed by atoms with Crippen LogP contribution in [0.15, 0.2) is 47.4 Å². The first kappa shape index (κ1) is 22.1. The first-order valence-corrected chi connectivity index (χ1v) is 11.1. The summed E-state index contributed by atoms with van der Waals surface area (Å²) < 4.78 is 43.0. The highest BCUT2D eigenvalue weighted by atomic mass is 32.2. The molecule has 162 valence electrons. The van der Waals surface area contributed by atoms with Gasteiger partial charge in [0, 0.05) is 25.2 Å². The number of nitrogens with zero attached hydrogens (tertiary/aromatic N) is 1. The summed E-state index contributed by atoms with van der Waals surface area (Å²) in [6.45, 7) is 1.64. The molecule has 1 fully saturated rings. The topological polar surface area (TPSA) is 94.2 Å². The maximum Gasteiger partial charge on any atom is 0.251 e. The lowest BCUT2D eigenvalue weighted by Crippen LogP contribution is -2.40. The SMILES string of the molecule is COc1ccc(CCNC(=O)c2ccc(OC)c(S(=O)(=O)N3CCOCC3)c2)cc1. The Hall–Kier alpha value is -2.62. The van der Waals surface area contributed by atoms with E-state index >= 15 is 0 Å². The van der Waals surface area contributed by atoms with Crippen molar-refractivity contribution in [3.05, 3.63) is 53.6 Å². The predicted molar refractivity (Wildman–Crippen MR) is 112 cm³/mol. The lowest BCUT2D eigenvalue weighted by atomic mass is 10.1. The molecule has 1 heterocycles. The van der Waals surface area contributed by atoms with Gasteiger partial charge in [0.25, 0.3) is 5.91 Å². The average Bonchev–Trinajstić information content (AvgIpc) is 2.79. The molecular formula is C21H26N2O6S. The van der Waals surface area contributed by atoms with Gasteiger partial charge in [-0.25, -0.2) is 8.42 Å². The molecule has 3 rings (SSSR count). The van der Waals surface area contributed by atoms with Gasteiger partial charge in [0.1, 0.15) is 16.4 Å². The van der Waals surface area contributed by atoms with Crippen LogP contribution in [0.1, 0.15) is 15.9 Å². The van der Waals surface area contributed by atoms with Gasteiger partial charge in [-0.3, -0.25) is 4.79 Å². The molecule has 0 spiro atoms. The summed E-state index contributed by atoms with van der Waals surface area (Å²) in [7, 11) is -0.781.